The zero-order valence-electron chi connectivity index (χ0n) is 11.9. The zero-order chi connectivity index (χ0) is 15.8. The van der Waals surface area contributed by atoms with Crippen LogP contribution in [0.15, 0.2) is 52.2 Å². The molecule has 2 aromatic carbocycles. The van der Waals surface area contributed by atoms with Crippen molar-refractivity contribution in [1.29, 1.82) is 0 Å². The lowest BCUT2D eigenvalue weighted by atomic mass is 10.1. The van der Waals surface area contributed by atoms with Gasteiger partial charge >= 0.3 is 0 Å². The Morgan fingerprint density at radius 1 is 1.13 bits per heavy atom. The minimum Gasteiger partial charge on any atom is -0.267 e. The number of hydrogen-bond acceptors (Lipinski definition) is 5. The largest absolute Gasteiger partial charge is 0.274 e. The lowest BCUT2D eigenvalue weighted by molar-refractivity contribution is 0.0778. The molecular formula is C16H11FN4O2. The van der Waals surface area contributed by atoms with Gasteiger partial charge in [0.25, 0.3) is 5.91 Å². The van der Waals surface area contributed by atoms with E-state index in [0.717, 1.165) is 11.3 Å². The van der Waals surface area contributed by atoms with Crippen LogP contribution in [0.3, 0.4) is 0 Å². The van der Waals surface area contributed by atoms with Crippen molar-refractivity contribution in [2.75, 3.05) is 6.54 Å². The molecule has 0 spiro atoms. The first kappa shape index (κ1) is 13.6. The summed E-state index contributed by atoms with van der Waals surface area (Å²) in [5.41, 5.74) is 3.23. The smallest absolute Gasteiger partial charge is 0.267 e. The van der Waals surface area contributed by atoms with Gasteiger partial charge in [-0.3, -0.25) is 4.79 Å². The third kappa shape index (κ3) is 2.46. The molecule has 1 aromatic heterocycles. The quantitative estimate of drug-likeness (QED) is 0.729. The SMILES string of the molecule is O=C(c1cccc(F)c1)N1CCC(c2ccc3nonc3c2)=N1. The molecule has 0 aliphatic carbocycles. The van der Waals surface area contributed by atoms with Crippen LogP contribution < -0.4 is 0 Å². The van der Waals surface area contributed by atoms with Crippen LogP contribution in [-0.2, 0) is 0 Å². The number of fused-ring (bicyclic) bond motifs is 1. The van der Waals surface area contributed by atoms with Crippen molar-refractivity contribution in [2.24, 2.45) is 5.10 Å². The normalized spacial score (nSPS) is 14.3. The average molecular weight is 310 g/mol. The molecule has 2 heterocycles. The van der Waals surface area contributed by atoms with Crippen LogP contribution in [0.1, 0.15) is 22.3 Å². The summed E-state index contributed by atoms with van der Waals surface area (Å²) >= 11 is 0. The summed E-state index contributed by atoms with van der Waals surface area (Å²) in [6.07, 6.45) is 0.623. The number of halogens is 1. The minimum atomic E-state index is -0.441. The predicted molar refractivity (Wildman–Crippen MR) is 80.4 cm³/mol. The Kier molecular flexibility index (Phi) is 3.11. The third-order valence-corrected chi connectivity index (χ3v) is 3.69. The van der Waals surface area contributed by atoms with Crippen molar-refractivity contribution in [1.82, 2.24) is 15.3 Å². The zero-order valence-corrected chi connectivity index (χ0v) is 11.9. The van der Waals surface area contributed by atoms with Gasteiger partial charge in [0.2, 0.25) is 0 Å². The van der Waals surface area contributed by atoms with Crippen LogP contribution in [0.5, 0.6) is 0 Å². The molecule has 6 nitrogen and oxygen atoms in total. The first-order valence-corrected chi connectivity index (χ1v) is 7.08. The van der Waals surface area contributed by atoms with E-state index in [1.165, 1.54) is 23.2 Å². The van der Waals surface area contributed by atoms with E-state index in [-0.39, 0.29) is 11.5 Å². The number of hydrazone groups is 1. The number of nitrogens with zero attached hydrogens (tertiary/aromatic N) is 4. The van der Waals surface area contributed by atoms with Gasteiger partial charge in [-0.25, -0.2) is 14.0 Å². The third-order valence-electron chi connectivity index (χ3n) is 3.69. The van der Waals surface area contributed by atoms with E-state index >= 15 is 0 Å². The highest BCUT2D eigenvalue weighted by atomic mass is 19.1. The molecule has 0 radical (unpaired) electrons. The van der Waals surface area contributed by atoms with E-state index in [4.69, 9.17) is 0 Å². The van der Waals surface area contributed by atoms with Gasteiger partial charge in [0, 0.05) is 17.5 Å². The highest BCUT2D eigenvalue weighted by Gasteiger charge is 2.23. The lowest BCUT2D eigenvalue weighted by Crippen LogP contribution is -2.23. The number of amides is 1. The molecule has 7 heteroatoms. The minimum absolute atomic E-state index is 0.283. The Hall–Kier alpha value is -3.09. The van der Waals surface area contributed by atoms with Crippen molar-refractivity contribution in [3.8, 4) is 0 Å². The summed E-state index contributed by atoms with van der Waals surface area (Å²) in [6, 6.07) is 11.1. The summed E-state index contributed by atoms with van der Waals surface area (Å²) in [5, 5.41) is 13.3. The second-order valence-electron chi connectivity index (χ2n) is 5.20. The maximum Gasteiger partial charge on any atom is 0.274 e. The Morgan fingerprint density at radius 3 is 2.87 bits per heavy atom. The summed E-state index contributed by atoms with van der Waals surface area (Å²) in [7, 11) is 0. The molecule has 0 unspecified atom stereocenters. The van der Waals surface area contributed by atoms with E-state index in [9.17, 15) is 9.18 Å². The topological polar surface area (TPSA) is 71.6 Å². The molecule has 0 N–H and O–H groups in total. The number of rotatable bonds is 2. The van der Waals surface area contributed by atoms with Crippen LogP contribution in [0.25, 0.3) is 11.0 Å². The van der Waals surface area contributed by atoms with Crippen LogP contribution in [0.4, 0.5) is 4.39 Å². The van der Waals surface area contributed by atoms with E-state index in [2.05, 4.69) is 20.0 Å². The van der Waals surface area contributed by atoms with Crippen molar-refractivity contribution in [3.05, 3.63) is 59.4 Å². The number of carbonyl (C=O) groups is 1. The number of aromatic nitrogens is 2. The molecule has 4 rings (SSSR count). The molecular weight excluding hydrogens is 299 g/mol. The van der Waals surface area contributed by atoms with Gasteiger partial charge in [0.05, 0.1) is 12.3 Å². The summed E-state index contributed by atoms with van der Waals surface area (Å²) < 4.78 is 17.9. The summed E-state index contributed by atoms with van der Waals surface area (Å²) in [6.45, 7) is 0.458. The van der Waals surface area contributed by atoms with E-state index < -0.39 is 5.82 Å². The second-order valence-corrected chi connectivity index (χ2v) is 5.20. The molecule has 0 atom stereocenters. The monoisotopic (exact) mass is 310 g/mol. The maximum atomic E-state index is 13.2. The Labute approximate surface area is 130 Å². The van der Waals surface area contributed by atoms with Gasteiger partial charge in [-0.05, 0) is 40.6 Å². The second kappa shape index (κ2) is 5.28. The fourth-order valence-electron chi connectivity index (χ4n) is 2.54. The van der Waals surface area contributed by atoms with E-state index in [1.54, 1.807) is 12.1 Å². The molecule has 23 heavy (non-hydrogen) atoms. The molecule has 1 amide bonds. The summed E-state index contributed by atoms with van der Waals surface area (Å²) in [5.74, 6) is -0.757. The molecule has 1 aliphatic rings. The van der Waals surface area contributed by atoms with Gasteiger partial charge in [0.15, 0.2) is 0 Å². The van der Waals surface area contributed by atoms with Crippen LogP contribution in [0.2, 0.25) is 0 Å². The molecule has 1 aliphatic heterocycles. The standard InChI is InChI=1S/C16H11FN4O2/c17-12-3-1-2-11(8-12)16(22)21-7-6-13(18-21)10-4-5-14-15(9-10)20-23-19-14/h1-5,8-9H,6-7H2. The highest BCUT2D eigenvalue weighted by Crippen LogP contribution is 2.19. The first-order valence-electron chi connectivity index (χ1n) is 7.08. The average Bonchev–Trinajstić information content (AvgIpc) is 3.22. The fraction of sp³-hybridized carbons (Fsp3) is 0.125. The lowest BCUT2D eigenvalue weighted by Gasteiger charge is -2.11. The van der Waals surface area contributed by atoms with Gasteiger partial charge in [-0.2, -0.15) is 5.10 Å². The van der Waals surface area contributed by atoms with Crippen molar-refractivity contribution in [2.45, 2.75) is 6.42 Å². The highest BCUT2D eigenvalue weighted by molar-refractivity contribution is 6.05. The number of benzene rings is 2. The van der Waals surface area contributed by atoms with Gasteiger partial charge < -0.3 is 0 Å². The van der Waals surface area contributed by atoms with E-state index in [0.29, 0.717) is 24.0 Å². The van der Waals surface area contributed by atoms with Crippen molar-refractivity contribution >= 4 is 22.7 Å². The summed E-state index contributed by atoms with van der Waals surface area (Å²) in [4.78, 5) is 12.4. The van der Waals surface area contributed by atoms with Gasteiger partial charge in [0.1, 0.15) is 16.9 Å². The molecule has 3 aromatic rings. The number of hydrogen-bond donors (Lipinski definition) is 0. The Bertz CT molecular complexity index is 934. The van der Waals surface area contributed by atoms with Crippen LogP contribution >= 0.6 is 0 Å². The molecule has 114 valence electrons. The number of carbonyl (C=O) groups excluding carboxylic acids is 1. The van der Waals surface area contributed by atoms with Crippen molar-refractivity contribution < 1.29 is 13.8 Å². The van der Waals surface area contributed by atoms with Gasteiger partial charge in [-0.1, -0.05) is 12.1 Å². The first-order chi connectivity index (χ1) is 11.2. The molecule has 0 fully saturated rings. The fourth-order valence-corrected chi connectivity index (χ4v) is 2.54. The van der Waals surface area contributed by atoms with Crippen LogP contribution in [0, 0.1) is 5.82 Å². The van der Waals surface area contributed by atoms with Crippen LogP contribution in [-0.4, -0.2) is 33.5 Å². The maximum absolute atomic E-state index is 13.2. The molecule has 0 saturated carbocycles. The Balaban J connectivity index is 1.62. The predicted octanol–water partition coefficient (Wildman–Crippen LogP) is 2.61. The Morgan fingerprint density at radius 2 is 2.00 bits per heavy atom. The van der Waals surface area contributed by atoms with E-state index in [1.807, 2.05) is 12.1 Å². The molecule has 0 saturated heterocycles. The van der Waals surface area contributed by atoms with Gasteiger partial charge in [-0.15, -0.1) is 0 Å². The van der Waals surface area contributed by atoms with Crippen molar-refractivity contribution in [3.63, 3.8) is 0 Å². The molecule has 0 bridgehead atoms.